The maximum atomic E-state index is 12.7. The molecule has 186 valence electrons. The molecule has 0 spiro atoms. The molecule has 2 N–H and O–H groups in total. The van der Waals surface area contributed by atoms with Gasteiger partial charge in [-0.2, -0.15) is 0 Å². The lowest BCUT2D eigenvalue weighted by atomic mass is 9.89. The van der Waals surface area contributed by atoms with E-state index in [1.165, 1.54) is 11.8 Å². The third-order valence-electron chi connectivity index (χ3n) is 6.87. The molecular formula is C27H29N5O3S. The largest absolute Gasteiger partial charge is 0.340 e. The predicted octanol–water partition coefficient (Wildman–Crippen LogP) is 4.33. The number of aromatic nitrogens is 3. The number of hydrogen-bond donors (Lipinski definition) is 2. The average Bonchev–Trinajstić information content (AvgIpc) is 2.89. The van der Waals surface area contributed by atoms with Crippen molar-refractivity contribution in [3.63, 3.8) is 0 Å². The number of H-pyrrole nitrogens is 1. The smallest absolute Gasteiger partial charge is 0.259 e. The molecule has 0 amide bonds. The van der Waals surface area contributed by atoms with Gasteiger partial charge in [-0.3, -0.25) is 9.78 Å². The van der Waals surface area contributed by atoms with Gasteiger partial charge in [0.1, 0.15) is 5.82 Å². The van der Waals surface area contributed by atoms with E-state index in [4.69, 9.17) is 4.98 Å². The van der Waals surface area contributed by atoms with Crippen LogP contribution in [0.25, 0.3) is 22.0 Å². The SMILES string of the molecule is CCN1CCC(c2ccc(Nc3nc(-c4cncc(S(C)(=O)=O)c4)cc4cc[nH]c(=O)c34)cc2)CC1. The highest BCUT2D eigenvalue weighted by atomic mass is 32.2. The molecule has 0 atom stereocenters. The van der Waals surface area contributed by atoms with Gasteiger partial charge in [0.15, 0.2) is 9.84 Å². The van der Waals surface area contributed by atoms with E-state index in [1.807, 2.05) is 12.1 Å². The second-order valence-corrected chi connectivity index (χ2v) is 11.3. The minimum Gasteiger partial charge on any atom is -0.340 e. The summed E-state index contributed by atoms with van der Waals surface area (Å²) in [6, 6.07) is 13.4. The molecular weight excluding hydrogens is 474 g/mol. The molecule has 1 saturated heterocycles. The van der Waals surface area contributed by atoms with Gasteiger partial charge < -0.3 is 15.2 Å². The highest BCUT2D eigenvalue weighted by Gasteiger charge is 2.20. The van der Waals surface area contributed by atoms with Crippen molar-refractivity contribution >= 4 is 32.1 Å². The first-order valence-electron chi connectivity index (χ1n) is 12.1. The molecule has 36 heavy (non-hydrogen) atoms. The Bertz CT molecular complexity index is 1560. The first-order valence-corrected chi connectivity index (χ1v) is 14.0. The van der Waals surface area contributed by atoms with Crippen molar-refractivity contribution < 1.29 is 8.42 Å². The fourth-order valence-corrected chi connectivity index (χ4v) is 5.37. The summed E-state index contributed by atoms with van der Waals surface area (Å²) in [5.74, 6) is 0.958. The second-order valence-electron chi connectivity index (χ2n) is 9.26. The van der Waals surface area contributed by atoms with Gasteiger partial charge in [0.05, 0.1) is 16.0 Å². The summed E-state index contributed by atoms with van der Waals surface area (Å²) in [6.45, 7) is 5.56. The van der Waals surface area contributed by atoms with Gasteiger partial charge in [0.25, 0.3) is 5.56 Å². The van der Waals surface area contributed by atoms with Crippen LogP contribution in [0, 0.1) is 0 Å². The van der Waals surface area contributed by atoms with Crippen molar-refractivity contribution in [1.82, 2.24) is 19.9 Å². The van der Waals surface area contributed by atoms with Gasteiger partial charge in [0.2, 0.25) is 0 Å². The molecule has 1 aliphatic rings. The van der Waals surface area contributed by atoms with Crippen LogP contribution in [0.3, 0.4) is 0 Å². The molecule has 1 aliphatic heterocycles. The van der Waals surface area contributed by atoms with E-state index in [0.717, 1.165) is 44.4 Å². The standard InChI is InChI=1S/C27H29N5O3S/c1-3-32-12-9-19(10-13-32)18-4-6-22(7-5-18)30-26-25-20(8-11-29-27(25)33)15-24(31-26)21-14-23(17-28-16-21)36(2,34)35/h4-8,11,14-17,19H,3,9-10,12-13H2,1-2H3,(H,29,33)(H,30,31). The normalized spacial score (nSPS) is 15.3. The van der Waals surface area contributed by atoms with Crippen LogP contribution in [0.1, 0.15) is 31.2 Å². The molecule has 3 aromatic heterocycles. The van der Waals surface area contributed by atoms with Crippen LogP contribution in [0.4, 0.5) is 11.5 Å². The number of piperidine rings is 1. The van der Waals surface area contributed by atoms with Crippen molar-refractivity contribution in [1.29, 1.82) is 0 Å². The van der Waals surface area contributed by atoms with E-state index < -0.39 is 9.84 Å². The molecule has 0 saturated carbocycles. The first kappa shape index (κ1) is 24.1. The molecule has 4 aromatic rings. The number of benzene rings is 1. The Morgan fingerprint density at radius 1 is 1.08 bits per heavy atom. The van der Waals surface area contributed by atoms with Crippen LogP contribution in [0.5, 0.6) is 0 Å². The molecule has 0 bridgehead atoms. The lowest BCUT2D eigenvalue weighted by Crippen LogP contribution is -2.32. The molecule has 4 heterocycles. The number of rotatable bonds is 6. The number of likely N-dealkylation sites (tertiary alicyclic amines) is 1. The lowest BCUT2D eigenvalue weighted by Gasteiger charge is -2.31. The Morgan fingerprint density at radius 3 is 2.53 bits per heavy atom. The van der Waals surface area contributed by atoms with Gasteiger partial charge in [-0.1, -0.05) is 19.1 Å². The molecule has 5 rings (SSSR count). The minimum atomic E-state index is -3.42. The Morgan fingerprint density at radius 2 is 1.83 bits per heavy atom. The highest BCUT2D eigenvalue weighted by Crippen LogP contribution is 2.31. The summed E-state index contributed by atoms with van der Waals surface area (Å²) < 4.78 is 24.1. The van der Waals surface area contributed by atoms with E-state index >= 15 is 0 Å². The van der Waals surface area contributed by atoms with Crippen LogP contribution in [0.2, 0.25) is 0 Å². The summed E-state index contributed by atoms with van der Waals surface area (Å²) in [7, 11) is -3.42. The van der Waals surface area contributed by atoms with Gasteiger partial charge in [-0.15, -0.1) is 0 Å². The van der Waals surface area contributed by atoms with Crippen LogP contribution >= 0.6 is 0 Å². The Balaban J connectivity index is 1.49. The Labute approximate surface area is 210 Å². The number of fused-ring (bicyclic) bond motifs is 1. The van der Waals surface area contributed by atoms with Gasteiger partial charge in [0, 0.05) is 36.1 Å². The maximum Gasteiger partial charge on any atom is 0.259 e. The summed E-state index contributed by atoms with van der Waals surface area (Å²) in [5.41, 5.74) is 2.97. The van der Waals surface area contributed by atoms with Crippen LogP contribution in [0.15, 0.2) is 70.7 Å². The summed E-state index contributed by atoms with van der Waals surface area (Å²) in [5, 5.41) is 4.44. The molecule has 0 radical (unpaired) electrons. The molecule has 8 nitrogen and oxygen atoms in total. The average molecular weight is 504 g/mol. The fraction of sp³-hybridized carbons (Fsp3) is 0.296. The highest BCUT2D eigenvalue weighted by molar-refractivity contribution is 7.90. The molecule has 9 heteroatoms. The number of nitrogens with zero attached hydrogens (tertiary/aromatic N) is 3. The zero-order valence-electron chi connectivity index (χ0n) is 20.4. The first-order chi connectivity index (χ1) is 17.3. The molecule has 0 unspecified atom stereocenters. The van der Waals surface area contributed by atoms with Crippen LogP contribution in [-0.4, -0.2) is 54.2 Å². The van der Waals surface area contributed by atoms with E-state index in [1.54, 1.807) is 30.6 Å². The van der Waals surface area contributed by atoms with Crippen LogP contribution in [-0.2, 0) is 9.84 Å². The predicted molar refractivity (Wildman–Crippen MR) is 143 cm³/mol. The molecule has 1 fully saturated rings. The number of pyridine rings is 3. The fourth-order valence-electron chi connectivity index (χ4n) is 4.77. The number of anilines is 2. The van der Waals surface area contributed by atoms with Crippen molar-refractivity contribution in [3.05, 3.63) is 77.0 Å². The van der Waals surface area contributed by atoms with Gasteiger partial charge in [-0.05, 0) is 79.7 Å². The molecule has 1 aromatic carbocycles. The summed E-state index contributed by atoms with van der Waals surface area (Å²) >= 11 is 0. The van der Waals surface area contributed by atoms with E-state index in [0.29, 0.717) is 33.8 Å². The summed E-state index contributed by atoms with van der Waals surface area (Å²) in [4.78, 5) is 26.8. The molecule has 0 aliphatic carbocycles. The van der Waals surface area contributed by atoms with E-state index in [9.17, 15) is 13.2 Å². The van der Waals surface area contributed by atoms with Crippen molar-refractivity contribution in [2.75, 3.05) is 31.2 Å². The van der Waals surface area contributed by atoms with E-state index in [-0.39, 0.29) is 10.5 Å². The maximum absolute atomic E-state index is 12.7. The number of nitrogens with one attached hydrogen (secondary N) is 2. The number of hydrogen-bond acceptors (Lipinski definition) is 7. The number of sulfone groups is 1. The zero-order chi connectivity index (χ0) is 25.3. The quantitative estimate of drug-likeness (QED) is 0.403. The van der Waals surface area contributed by atoms with Crippen molar-refractivity contribution in [2.24, 2.45) is 0 Å². The minimum absolute atomic E-state index is 0.114. The van der Waals surface area contributed by atoms with Crippen LogP contribution < -0.4 is 10.9 Å². The second kappa shape index (κ2) is 9.83. The lowest BCUT2D eigenvalue weighted by molar-refractivity contribution is 0.222. The number of aromatic amines is 1. The van der Waals surface area contributed by atoms with Crippen molar-refractivity contribution in [2.45, 2.75) is 30.6 Å². The topological polar surface area (TPSA) is 108 Å². The van der Waals surface area contributed by atoms with Gasteiger partial charge >= 0.3 is 0 Å². The third kappa shape index (κ3) is 5.03. The van der Waals surface area contributed by atoms with Crippen molar-refractivity contribution in [3.8, 4) is 11.3 Å². The third-order valence-corrected chi connectivity index (χ3v) is 7.95. The summed E-state index contributed by atoms with van der Waals surface area (Å²) in [6.07, 6.45) is 7.93. The zero-order valence-corrected chi connectivity index (χ0v) is 21.2. The van der Waals surface area contributed by atoms with E-state index in [2.05, 4.69) is 39.2 Å². The monoisotopic (exact) mass is 503 g/mol. The Kier molecular flexibility index (Phi) is 6.59. The van der Waals surface area contributed by atoms with Gasteiger partial charge in [-0.25, -0.2) is 13.4 Å². The Hall–Kier alpha value is -3.56.